The van der Waals surface area contributed by atoms with Gasteiger partial charge in [-0.15, -0.1) is 0 Å². The Labute approximate surface area is 149 Å². The van der Waals surface area contributed by atoms with Crippen LogP contribution in [0.3, 0.4) is 0 Å². The molecule has 1 fully saturated rings. The van der Waals surface area contributed by atoms with Crippen LogP contribution in [0.1, 0.15) is 10.6 Å². The van der Waals surface area contributed by atoms with Crippen LogP contribution in [0.5, 0.6) is 0 Å². The van der Waals surface area contributed by atoms with Gasteiger partial charge in [-0.25, -0.2) is 0 Å². The summed E-state index contributed by atoms with van der Waals surface area (Å²) in [5, 5.41) is 13.4. The Hall–Kier alpha value is -3.34. The van der Waals surface area contributed by atoms with Crippen LogP contribution in [0.15, 0.2) is 34.7 Å². The monoisotopic (exact) mass is 373 g/mol. The van der Waals surface area contributed by atoms with E-state index in [9.17, 15) is 19.7 Å². The highest BCUT2D eigenvalue weighted by molar-refractivity contribution is 7.00. The van der Waals surface area contributed by atoms with Crippen LogP contribution in [-0.4, -0.2) is 43.5 Å². The number of fused-ring (bicyclic) bond motifs is 1. The molecule has 2 amide bonds. The number of anilines is 1. The van der Waals surface area contributed by atoms with Gasteiger partial charge in [0.1, 0.15) is 16.0 Å². The maximum Gasteiger partial charge on any atom is 0.433 e. The fraction of sp³-hybridized carbons (Fsp3) is 0.200. The number of aromatic nitrogens is 2. The van der Waals surface area contributed by atoms with Crippen LogP contribution in [0, 0.1) is 16.0 Å². The minimum Gasteiger partial charge on any atom is -0.395 e. The fourth-order valence-corrected chi connectivity index (χ4v) is 3.20. The molecule has 11 heteroatoms. The second-order valence-electron chi connectivity index (χ2n) is 5.73. The summed E-state index contributed by atoms with van der Waals surface area (Å²) in [5.74, 6) is -1.68. The Balaban J connectivity index is 1.38. The Kier molecular flexibility index (Phi) is 3.84. The third kappa shape index (κ3) is 2.77. The second kappa shape index (κ2) is 6.19. The van der Waals surface area contributed by atoms with E-state index in [0.29, 0.717) is 16.7 Å². The van der Waals surface area contributed by atoms with E-state index in [4.69, 9.17) is 4.42 Å². The highest BCUT2D eigenvalue weighted by Gasteiger charge is 2.37. The van der Waals surface area contributed by atoms with Crippen molar-refractivity contribution in [2.24, 2.45) is 5.92 Å². The van der Waals surface area contributed by atoms with Crippen molar-refractivity contribution < 1.29 is 18.9 Å². The topological polar surface area (TPSA) is 131 Å². The zero-order valence-corrected chi connectivity index (χ0v) is 13.9. The number of hydrogen-bond donors (Lipinski definition) is 1. The molecule has 3 heterocycles. The van der Waals surface area contributed by atoms with Crippen LogP contribution in [0.4, 0.5) is 11.6 Å². The molecule has 132 valence electrons. The highest BCUT2D eigenvalue weighted by Crippen LogP contribution is 2.25. The van der Waals surface area contributed by atoms with Crippen LogP contribution in [0.25, 0.3) is 11.0 Å². The van der Waals surface area contributed by atoms with E-state index in [2.05, 4.69) is 14.1 Å². The molecule has 1 aromatic carbocycles. The van der Waals surface area contributed by atoms with Crippen molar-refractivity contribution in [3.8, 4) is 0 Å². The van der Waals surface area contributed by atoms with Crippen molar-refractivity contribution in [1.82, 2.24) is 13.6 Å². The largest absolute Gasteiger partial charge is 0.433 e. The minimum absolute atomic E-state index is 0.117. The predicted molar refractivity (Wildman–Crippen MR) is 90.8 cm³/mol. The van der Waals surface area contributed by atoms with Gasteiger partial charge in [0, 0.05) is 13.1 Å². The average Bonchev–Trinajstić information content (AvgIpc) is 3.23. The lowest BCUT2D eigenvalue weighted by Crippen LogP contribution is -2.54. The lowest BCUT2D eigenvalue weighted by Gasteiger charge is -2.37. The fourth-order valence-electron chi connectivity index (χ4n) is 2.65. The molecule has 0 aliphatic carbocycles. The van der Waals surface area contributed by atoms with E-state index in [1.165, 1.54) is 11.0 Å². The summed E-state index contributed by atoms with van der Waals surface area (Å²) in [6, 6.07) is 7.70. The van der Waals surface area contributed by atoms with Gasteiger partial charge in [-0.3, -0.25) is 19.7 Å². The highest BCUT2D eigenvalue weighted by atomic mass is 32.1. The standard InChI is InChI=1S/C15H11N5O5S/c21-14(16-9-2-1-3-10-13(9)18-26-17-10)8-6-19(7-8)15(22)11-4-5-12(25-11)20(23)24/h1-5,8H,6-7H2,(H,16,21). The van der Waals surface area contributed by atoms with Gasteiger partial charge in [-0.05, 0) is 18.2 Å². The molecule has 0 spiro atoms. The summed E-state index contributed by atoms with van der Waals surface area (Å²) in [6.45, 7) is 0.426. The van der Waals surface area contributed by atoms with Crippen molar-refractivity contribution in [2.45, 2.75) is 0 Å². The molecule has 3 aromatic rings. The first-order valence-electron chi connectivity index (χ1n) is 7.58. The van der Waals surface area contributed by atoms with Gasteiger partial charge >= 0.3 is 5.88 Å². The van der Waals surface area contributed by atoms with Gasteiger partial charge in [0.05, 0.1) is 29.4 Å². The maximum atomic E-state index is 12.4. The van der Waals surface area contributed by atoms with E-state index in [1.807, 2.05) is 0 Å². The number of likely N-dealkylation sites (tertiary alicyclic amines) is 1. The molecule has 10 nitrogen and oxygen atoms in total. The van der Waals surface area contributed by atoms with E-state index in [1.54, 1.807) is 18.2 Å². The number of benzene rings is 1. The normalized spacial score (nSPS) is 14.2. The van der Waals surface area contributed by atoms with Gasteiger partial charge in [0.25, 0.3) is 5.91 Å². The first-order valence-corrected chi connectivity index (χ1v) is 8.31. The Morgan fingerprint density at radius 3 is 2.81 bits per heavy atom. The summed E-state index contributed by atoms with van der Waals surface area (Å²) in [5.41, 5.74) is 1.91. The van der Waals surface area contributed by atoms with Gasteiger partial charge in [-0.1, -0.05) is 6.07 Å². The molecule has 26 heavy (non-hydrogen) atoms. The van der Waals surface area contributed by atoms with Crippen LogP contribution < -0.4 is 5.32 Å². The van der Waals surface area contributed by atoms with Crippen molar-refractivity contribution >= 4 is 46.1 Å². The Bertz CT molecular complexity index is 1020. The van der Waals surface area contributed by atoms with Crippen LogP contribution >= 0.6 is 11.7 Å². The zero-order valence-electron chi connectivity index (χ0n) is 13.1. The van der Waals surface area contributed by atoms with Crippen molar-refractivity contribution in [2.75, 3.05) is 18.4 Å². The van der Waals surface area contributed by atoms with Gasteiger partial charge < -0.3 is 14.6 Å². The zero-order chi connectivity index (χ0) is 18.3. The van der Waals surface area contributed by atoms with E-state index >= 15 is 0 Å². The van der Waals surface area contributed by atoms with E-state index in [0.717, 1.165) is 17.8 Å². The number of nitro groups is 1. The lowest BCUT2D eigenvalue weighted by atomic mass is 9.98. The molecule has 1 saturated heterocycles. The molecule has 0 unspecified atom stereocenters. The molecule has 0 atom stereocenters. The summed E-state index contributed by atoms with van der Waals surface area (Å²) in [7, 11) is 0. The van der Waals surface area contributed by atoms with Crippen molar-refractivity contribution in [1.29, 1.82) is 0 Å². The quantitative estimate of drug-likeness (QED) is 0.546. The van der Waals surface area contributed by atoms with E-state index < -0.39 is 16.7 Å². The number of furan rings is 1. The SMILES string of the molecule is O=C(Nc1cccc2nsnc12)C1CN(C(=O)c2ccc([N+](=O)[O-])o2)C1. The average molecular weight is 373 g/mol. The molecule has 2 aromatic heterocycles. The second-order valence-corrected chi connectivity index (χ2v) is 6.26. The Morgan fingerprint density at radius 1 is 1.27 bits per heavy atom. The molecule has 1 aliphatic rings. The van der Waals surface area contributed by atoms with Gasteiger partial charge in [0.2, 0.25) is 5.91 Å². The molecular weight excluding hydrogens is 362 g/mol. The number of amides is 2. The molecule has 1 N–H and O–H groups in total. The molecular formula is C15H11N5O5S. The van der Waals surface area contributed by atoms with Gasteiger partial charge in [-0.2, -0.15) is 8.75 Å². The number of nitrogens with zero attached hydrogens (tertiary/aromatic N) is 4. The number of nitrogens with one attached hydrogen (secondary N) is 1. The number of hydrogen-bond acceptors (Lipinski definition) is 8. The summed E-state index contributed by atoms with van der Waals surface area (Å²) in [4.78, 5) is 35.8. The summed E-state index contributed by atoms with van der Waals surface area (Å²) in [6.07, 6.45) is 0. The van der Waals surface area contributed by atoms with Crippen LogP contribution in [-0.2, 0) is 4.79 Å². The third-order valence-electron chi connectivity index (χ3n) is 4.07. The van der Waals surface area contributed by atoms with E-state index in [-0.39, 0.29) is 30.7 Å². The first kappa shape index (κ1) is 16.1. The number of carbonyl (C=O) groups is 2. The predicted octanol–water partition coefficient (Wildman–Crippen LogP) is 1.90. The molecule has 0 radical (unpaired) electrons. The van der Waals surface area contributed by atoms with Crippen molar-refractivity contribution in [3.05, 3.63) is 46.2 Å². The van der Waals surface area contributed by atoms with Crippen molar-refractivity contribution in [3.63, 3.8) is 0 Å². The molecule has 0 bridgehead atoms. The molecule has 1 aliphatic heterocycles. The summed E-state index contributed by atoms with van der Waals surface area (Å²) < 4.78 is 13.2. The molecule has 0 saturated carbocycles. The van der Waals surface area contributed by atoms with Gasteiger partial charge in [0.15, 0.2) is 5.76 Å². The summed E-state index contributed by atoms with van der Waals surface area (Å²) >= 11 is 1.07. The number of rotatable bonds is 4. The Morgan fingerprint density at radius 2 is 2.08 bits per heavy atom. The lowest BCUT2D eigenvalue weighted by molar-refractivity contribution is -0.402. The third-order valence-corrected chi connectivity index (χ3v) is 4.61. The number of carbonyl (C=O) groups excluding carboxylic acids is 2. The minimum atomic E-state index is -0.711. The van der Waals surface area contributed by atoms with Crippen LogP contribution in [0.2, 0.25) is 0 Å². The smallest absolute Gasteiger partial charge is 0.395 e. The maximum absolute atomic E-state index is 12.4. The first-order chi connectivity index (χ1) is 12.5. The molecule has 4 rings (SSSR count).